The molecule has 0 saturated carbocycles. The molecule has 0 saturated heterocycles. The normalized spacial score (nSPS) is 13.2. The van der Waals surface area contributed by atoms with E-state index >= 15 is 0 Å². The van der Waals surface area contributed by atoms with E-state index in [-0.39, 0.29) is 10.7 Å². The fourth-order valence-corrected chi connectivity index (χ4v) is 4.68. The van der Waals surface area contributed by atoms with E-state index in [1.807, 2.05) is 51.1 Å². The van der Waals surface area contributed by atoms with Gasteiger partial charge < -0.3 is 0 Å². The number of benzene rings is 2. The van der Waals surface area contributed by atoms with Gasteiger partial charge in [-0.15, -0.1) is 0 Å². The van der Waals surface area contributed by atoms with Crippen LogP contribution in [0.3, 0.4) is 0 Å². The summed E-state index contributed by atoms with van der Waals surface area (Å²) in [6, 6.07) is 13.7. The number of ketones is 1. The number of allylic oxidation sites excluding steroid dienone is 1. The zero-order chi connectivity index (χ0) is 22.9. The number of Topliss-reactive ketones (excluding diaryl/α,β-unsaturated/α-hetero) is 1. The topological polar surface area (TPSA) is 63.2 Å². The zero-order valence-electron chi connectivity index (χ0n) is 19.1. The second-order valence-corrected chi connectivity index (χ2v) is 9.79. The van der Waals surface area contributed by atoms with Crippen molar-refractivity contribution in [2.24, 2.45) is 0 Å². The summed E-state index contributed by atoms with van der Waals surface area (Å²) in [5, 5.41) is 0. The van der Waals surface area contributed by atoms with Gasteiger partial charge in [0.1, 0.15) is 0 Å². The van der Waals surface area contributed by atoms with E-state index in [9.17, 15) is 13.2 Å². The number of unbranched alkanes of at least 4 members (excludes halogenated alkanes) is 3. The Labute approximate surface area is 187 Å². The zero-order valence-corrected chi connectivity index (χ0v) is 20.0. The van der Waals surface area contributed by atoms with Crippen LogP contribution in [0.5, 0.6) is 0 Å². The van der Waals surface area contributed by atoms with Crippen molar-refractivity contribution in [3.05, 3.63) is 76.9 Å². The van der Waals surface area contributed by atoms with Crippen LogP contribution in [0.4, 0.5) is 0 Å². The van der Waals surface area contributed by atoms with Crippen LogP contribution in [0.15, 0.2) is 65.1 Å². The van der Waals surface area contributed by atoms with E-state index < -0.39 is 16.1 Å². The molecule has 31 heavy (non-hydrogen) atoms. The second kappa shape index (κ2) is 12.0. The fraction of sp³-hybridized carbons (Fsp3) is 0.423. The van der Waals surface area contributed by atoms with Crippen LogP contribution in [0.2, 0.25) is 0 Å². The van der Waals surface area contributed by atoms with Crippen molar-refractivity contribution in [3.63, 3.8) is 0 Å². The molecule has 0 bridgehead atoms. The molecule has 4 nitrogen and oxygen atoms in total. The lowest BCUT2D eigenvalue weighted by Crippen LogP contribution is -2.32. The van der Waals surface area contributed by atoms with Crippen molar-refractivity contribution in [3.8, 4) is 0 Å². The third kappa shape index (κ3) is 7.44. The molecule has 5 heteroatoms. The van der Waals surface area contributed by atoms with Crippen molar-refractivity contribution in [1.29, 1.82) is 0 Å². The first kappa shape index (κ1) is 25.0. The number of aryl methyl sites for hydroxylation is 2. The summed E-state index contributed by atoms with van der Waals surface area (Å²) in [4.78, 5) is 13.3. The minimum atomic E-state index is -3.80. The Morgan fingerprint density at radius 1 is 0.903 bits per heavy atom. The lowest BCUT2D eigenvalue weighted by Gasteiger charge is -2.22. The van der Waals surface area contributed by atoms with E-state index in [1.165, 1.54) is 0 Å². The molecular formula is C26H35NO3S. The molecule has 0 spiro atoms. The second-order valence-electron chi connectivity index (χ2n) is 8.08. The third-order valence-electron chi connectivity index (χ3n) is 5.33. The van der Waals surface area contributed by atoms with Gasteiger partial charge in [-0.05, 0) is 44.4 Å². The van der Waals surface area contributed by atoms with Crippen LogP contribution in [0, 0.1) is 13.8 Å². The van der Waals surface area contributed by atoms with Crippen LogP contribution in [0.25, 0.3) is 0 Å². The van der Waals surface area contributed by atoms with Gasteiger partial charge in [0.25, 0.3) is 0 Å². The van der Waals surface area contributed by atoms with E-state index in [4.69, 9.17) is 0 Å². The van der Waals surface area contributed by atoms with Crippen molar-refractivity contribution >= 4 is 15.8 Å². The maximum atomic E-state index is 13.2. The van der Waals surface area contributed by atoms with Crippen molar-refractivity contribution in [1.82, 2.24) is 4.72 Å². The molecule has 0 heterocycles. The molecule has 1 unspecified atom stereocenters. The number of hydrogen-bond acceptors (Lipinski definition) is 3. The highest BCUT2D eigenvalue weighted by Crippen LogP contribution is 2.28. The first-order chi connectivity index (χ1) is 14.8. The fourth-order valence-electron chi connectivity index (χ4n) is 3.48. The number of carbonyl (C=O) groups excluding carboxylic acids is 1. The van der Waals surface area contributed by atoms with Gasteiger partial charge in [-0.25, -0.2) is 8.42 Å². The largest absolute Gasteiger partial charge is 0.294 e. The molecule has 2 rings (SSSR count). The van der Waals surface area contributed by atoms with Crippen LogP contribution >= 0.6 is 0 Å². The highest BCUT2D eigenvalue weighted by molar-refractivity contribution is 7.89. The molecule has 2 aromatic rings. The molecule has 0 aromatic heterocycles. The SMILES string of the molecule is CC/C=C(\C(=O)CCCCCC)C(NS(=O)(=O)c1ccc(C)cc1)c1ccc(C)cc1. The third-order valence-corrected chi connectivity index (χ3v) is 6.77. The molecule has 2 aromatic carbocycles. The quantitative estimate of drug-likeness (QED) is 0.315. The van der Waals surface area contributed by atoms with Gasteiger partial charge in [-0.3, -0.25) is 4.79 Å². The molecule has 168 valence electrons. The lowest BCUT2D eigenvalue weighted by atomic mass is 9.92. The average molecular weight is 442 g/mol. The average Bonchev–Trinajstić information content (AvgIpc) is 2.74. The maximum Gasteiger partial charge on any atom is 0.241 e. The molecule has 0 aliphatic rings. The molecule has 0 amide bonds. The van der Waals surface area contributed by atoms with E-state index in [1.54, 1.807) is 24.3 Å². The molecule has 0 radical (unpaired) electrons. The van der Waals surface area contributed by atoms with Gasteiger partial charge in [0.05, 0.1) is 10.9 Å². The highest BCUT2D eigenvalue weighted by Gasteiger charge is 2.27. The summed E-state index contributed by atoms with van der Waals surface area (Å²) in [6.45, 7) is 8.00. The van der Waals surface area contributed by atoms with Crippen LogP contribution in [-0.2, 0) is 14.8 Å². The van der Waals surface area contributed by atoms with Crippen molar-refractivity contribution in [2.45, 2.75) is 77.2 Å². The van der Waals surface area contributed by atoms with Crippen molar-refractivity contribution < 1.29 is 13.2 Å². The predicted molar refractivity (Wildman–Crippen MR) is 128 cm³/mol. The number of hydrogen-bond donors (Lipinski definition) is 1. The van der Waals surface area contributed by atoms with E-state index in [0.29, 0.717) is 18.4 Å². The Bertz CT molecular complexity index is 974. The summed E-state index contributed by atoms with van der Waals surface area (Å²) >= 11 is 0. The minimum Gasteiger partial charge on any atom is -0.294 e. The smallest absolute Gasteiger partial charge is 0.241 e. The Morgan fingerprint density at radius 2 is 1.48 bits per heavy atom. The molecule has 0 fully saturated rings. The Balaban J connectivity index is 2.40. The van der Waals surface area contributed by atoms with E-state index in [0.717, 1.165) is 42.4 Å². The van der Waals surface area contributed by atoms with Gasteiger partial charge in [-0.2, -0.15) is 4.72 Å². The maximum absolute atomic E-state index is 13.2. The lowest BCUT2D eigenvalue weighted by molar-refractivity contribution is -0.116. The molecule has 1 N–H and O–H groups in total. The Kier molecular flexibility index (Phi) is 9.66. The minimum absolute atomic E-state index is 0.00938. The van der Waals surface area contributed by atoms with Gasteiger partial charge >= 0.3 is 0 Å². The van der Waals surface area contributed by atoms with Gasteiger partial charge in [-0.1, -0.05) is 86.7 Å². The van der Waals surface area contributed by atoms with E-state index in [2.05, 4.69) is 11.6 Å². The first-order valence-corrected chi connectivity index (χ1v) is 12.7. The summed E-state index contributed by atoms with van der Waals surface area (Å²) in [6.07, 6.45) is 6.98. The standard InChI is InChI=1S/C26H35NO3S/c1-5-7-8-9-11-25(28)24(10-6-2)26(22-16-12-20(3)13-17-22)27-31(29,30)23-18-14-21(4)15-19-23/h10,12-19,26-27H,5-9,11H2,1-4H3/b24-10+. The number of sulfonamides is 1. The summed E-state index contributed by atoms with van der Waals surface area (Å²) < 4.78 is 29.2. The van der Waals surface area contributed by atoms with Crippen LogP contribution in [-0.4, -0.2) is 14.2 Å². The van der Waals surface area contributed by atoms with Gasteiger partial charge in [0.2, 0.25) is 10.0 Å². The molecular weight excluding hydrogens is 406 g/mol. The highest BCUT2D eigenvalue weighted by atomic mass is 32.2. The van der Waals surface area contributed by atoms with Crippen LogP contribution in [0.1, 0.15) is 75.1 Å². The Hall–Kier alpha value is -2.24. The number of rotatable bonds is 12. The number of carbonyl (C=O) groups is 1. The Morgan fingerprint density at radius 3 is 2.03 bits per heavy atom. The molecule has 0 aliphatic heterocycles. The first-order valence-electron chi connectivity index (χ1n) is 11.2. The number of nitrogens with one attached hydrogen (secondary N) is 1. The summed E-state index contributed by atoms with van der Waals surface area (Å²) in [5.74, 6) is 0.00938. The summed E-state index contributed by atoms with van der Waals surface area (Å²) in [7, 11) is -3.80. The monoisotopic (exact) mass is 441 g/mol. The molecule has 1 atom stereocenters. The molecule has 0 aliphatic carbocycles. The van der Waals surface area contributed by atoms with Crippen LogP contribution < -0.4 is 4.72 Å². The van der Waals surface area contributed by atoms with Crippen molar-refractivity contribution in [2.75, 3.05) is 0 Å². The van der Waals surface area contributed by atoms with Gasteiger partial charge in [0, 0.05) is 12.0 Å². The summed E-state index contributed by atoms with van der Waals surface area (Å²) in [5.41, 5.74) is 3.36. The van der Waals surface area contributed by atoms with Gasteiger partial charge in [0.15, 0.2) is 5.78 Å². The predicted octanol–water partition coefficient (Wildman–Crippen LogP) is 6.20.